The Bertz CT molecular complexity index is 1320. The predicted molar refractivity (Wildman–Crippen MR) is 201 cm³/mol. The van der Waals surface area contributed by atoms with Crippen molar-refractivity contribution in [2.75, 3.05) is 53.9 Å². The van der Waals surface area contributed by atoms with Crippen LogP contribution in [0.1, 0.15) is 51.5 Å². The molecule has 2 aliphatic rings. The van der Waals surface area contributed by atoms with Crippen LogP contribution in [-0.4, -0.2) is 114 Å². The molecule has 0 bridgehead atoms. The average Bonchev–Trinajstić information content (AvgIpc) is 3.06. The lowest BCUT2D eigenvalue weighted by molar-refractivity contribution is -0.148. The second kappa shape index (κ2) is 20.4. The maximum absolute atomic E-state index is 13.7. The van der Waals surface area contributed by atoms with Crippen molar-refractivity contribution in [1.82, 2.24) is 34.6 Å². The molecule has 0 aromatic heterocycles. The fourth-order valence-corrected chi connectivity index (χ4v) is 6.97. The molecule has 2 heterocycles. The van der Waals surface area contributed by atoms with Crippen molar-refractivity contribution in [3.8, 4) is 0 Å². The van der Waals surface area contributed by atoms with E-state index in [0.717, 1.165) is 31.5 Å². The molecule has 13 heteroatoms. The summed E-state index contributed by atoms with van der Waals surface area (Å²) < 4.78 is 4.22. The predicted octanol–water partition coefficient (Wildman–Crippen LogP) is 2.66. The number of hydrazine groups is 1. The molecule has 0 saturated carbocycles. The highest BCUT2D eigenvalue weighted by Crippen LogP contribution is 2.41. The van der Waals surface area contributed by atoms with Gasteiger partial charge in [-0.3, -0.25) is 19.2 Å². The summed E-state index contributed by atoms with van der Waals surface area (Å²) in [6.45, 7) is 10.7. The van der Waals surface area contributed by atoms with Crippen LogP contribution in [-0.2, 0) is 25.6 Å². The number of likely N-dealkylation sites (tertiary alicyclic amines) is 1. The van der Waals surface area contributed by atoms with E-state index >= 15 is 0 Å². The van der Waals surface area contributed by atoms with Crippen molar-refractivity contribution in [2.45, 2.75) is 70.5 Å². The maximum atomic E-state index is 13.7. The monoisotopic (exact) mass is 710 g/mol. The molecule has 1 aromatic carbocycles. The lowest BCUT2D eigenvalue weighted by atomic mass is 9.72. The van der Waals surface area contributed by atoms with Crippen LogP contribution in [0.4, 0.5) is 0 Å². The van der Waals surface area contributed by atoms with E-state index in [2.05, 4.69) is 43.3 Å². The van der Waals surface area contributed by atoms with Gasteiger partial charge in [0.2, 0.25) is 23.6 Å². The molecule has 2 fully saturated rings. The van der Waals surface area contributed by atoms with Gasteiger partial charge in [-0.15, -0.1) is 0 Å². The Balaban J connectivity index is 1.55. The van der Waals surface area contributed by atoms with Crippen molar-refractivity contribution in [3.63, 3.8) is 0 Å². The lowest BCUT2D eigenvalue weighted by Gasteiger charge is -2.54. The second-order valence-corrected chi connectivity index (χ2v) is 15.4. The Morgan fingerprint density at radius 1 is 0.960 bits per heavy atom. The first-order valence-electron chi connectivity index (χ1n) is 17.6. The topological polar surface area (TPSA) is 143 Å². The molecular weight excluding hydrogens is 653 g/mol. The van der Waals surface area contributed by atoms with Gasteiger partial charge in [0.15, 0.2) is 0 Å². The van der Waals surface area contributed by atoms with E-state index in [1.54, 1.807) is 24.3 Å². The van der Waals surface area contributed by atoms with E-state index in [0.29, 0.717) is 32.4 Å². The Morgan fingerprint density at radius 2 is 1.62 bits per heavy atom. The van der Waals surface area contributed by atoms with Crippen molar-refractivity contribution < 1.29 is 19.2 Å². The number of benzene rings is 1. The number of amides is 4. The third kappa shape index (κ3) is 13.3. The van der Waals surface area contributed by atoms with Crippen LogP contribution in [0.3, 0.4) is 0 Å². The third-order valence-corrected chi connectivity index (χ3v) is 9.82. The molecule has 3 rings (SSSR count). The van der Waals surface area contributed by atoms with E-state index < -0.39 is 35.8 Å². The normalized spacial score (nSPS) is 18.0. The third-order valence-electron chi connectivity index (χ3n) is 9.03. The molecule has 1 spiro atoms. The van der Waals surface area contributed by atoms with Crippen LogP contribution < -0.4 is 21.7 Å². The number of nitrogens with zero attached hydrogens (tertiary/aromatic N) is 4. The standard InChI is InChI=1S/C37H58N8O4S/c1-7-8-9-10-11-15-18-30(38)34(47)40-32(24-29-16-13-12-14-17-29)36(49)41-31(23-28(2)3)35(48)39-25-33(46)44-26-37(27-44)19-21-45(22-20-37)43(6)50-42(4)5/h7-14,16-17,28,30-32H,1,15,18-27,38H2,2-6H3,(H,39,48)(H,40,47)(H,41,49)/b9-8-,11-10-/t30?,31?,32-/m1/s1. The van der Waals surface area contributed by atoms with Gasteiger partial charge in [0.05, 0.1) is 12.6 Å². The molecule has 0 aliphatic carbocycles. The van der Waals surface area contributed by atoms with Gasteiger partial charge < -0.3 is 26.6 Å². The van der Waals surface area contributed by atoms with Gasteiger partial charge in [0.25, 0.3) is 0 Å². The summed E-state index contributed by atoms with van der Waals surface area (Å²) >= 11 is 1.65. The summed E-state index contributed by atoms with van der Waals surface area (Å²) in [6.07, 6.45) is 12.7. The minimum atomic E-state index is -0.948. The average molecular weight is 711 g/mol. The minimum absolute atomic E-state index is 0.0861. The number of carbonyl (C=O) groups excluding carboxylic acids is 4. The van der Waals surface area contributed by atoms with E-state index in [1.807, 2.05) is 81.4 Å². The molecule has 5 N–H and O–H groups in total. The van der Waals surface area contributed by atoms with Crippen LogP contribution in [0, 0.1) is 11.3 Å². The Hall–Kier alpha value is -3.49. The second-order valence-electron chi connectivity index (χ2n) is 14.0. The minimum Gasteiger partial charge on any atom is -0.345 e. The first kappa shape index (κ1) is 40.9. The Labute approximate surface area is 303 Å². The molecule has 3 atom stereocenters. The molecular formula is C37H58N8O4S. The quantitative estimate of drug-likeness (QED) is 0.126. The highest BCUT2D eigenvalue weighted by atomic mass is 32.2. The highest BCUT2D eigenvalue weighted by molar-refractivity contribution is 7.94. The van der Waals surface area contributed by atoms with Crippen LogP contribution in [0.25, 0.3) is 0 Å². The number of nitrogens with two attached hydrogens (primary N) is 1. The first-order valence-corrected chi connectivity index (χ1v) is 18.3. The number of piperidine rings is 1. The number of hydrogen-bond donors (Lipinski definition) is 4. The zero-order chi connectivity index (χ0) is 36.7. The van der Waals surface area contributed by atoms with Crippen molar-refractivity contribution >= 4 is 35.8 Å². The van der Waals surface area contributed by atoms with Gasteiger partial charge in [-0.1, -0.05) is 81.1 Å². The van der Waals surface area contributed by atoms with E-state index in [-0.39, 0.29) is 30.2 Å². The van der Waals surface area contributed by atoms with Gasteiger partial charge in [-0.2, -0.15) is 4.41 Å². The number of nitrogens with one attached hydrogen (secondary N) is 3. The van der Waals surface area contributed by atoms with E-state index in [9.17, 15) is 19.2 Å². The fourth-order valence-electron chi connectivity index (χ4n) is 6.23. The summed E-state index contributed by atoms with van der Waals surface area (Å²) in [5, 5.41) is 10.8. The number of allylic oxidation sites excluding steroid dienone is 5. The van der Waals surface area contributed by atoms with Crippen LogP contribution in [0.2, 0.25) is 0 Å². The van der Waals surface area contributed by atoms with Crippen molar-refractivity contribution in [2.24, 2.45) is 17.1 Å². The molecule has 2 saturated heterocycles. The largest absolute Gasteiger partial charge is 0.345 e. The smallest absolute Gasteiger partial charge is 0.243 e. The molecule has 2 unspecified atom stereocenters. The van der Waals surface area contributed by atoms with Crippen molar-refractivity contribution in [3.05, 3.63) is 72.9 Å². The van der Waals surface area contributed by atoms with Crippen LogP contribution in [0.15, 0.2) is 67.3 Å². The van der Waals surface area contributed by atoms with E-state index in [1.165, 1.54) is 0 Å². The van der Waals surface area contributed by atoms with Gasteiger partial charge in [0.1, 0.15) is 12.1 Å². The summed E-state index contributed by atoms with van der Waals surface area (Å²) in [4.78, 5) is 55.1. The molecule has 50 heavy (non-hydrogen) atoms. The van der Waals surface area contributed by atoms with Gasteiger partial charge in [0, 0.05) is 57.2 Å². The summed E-state index contributed by atoms with van der Waals surface area (Å²) in [5.74, 6) is -1.39. The fraction of sp³-hybridized carbons (Fsp3) is 0.568. The zero-order valence-electron chi connectivity index (χ0n) is 30.5. The molecule has 276 valence electrons. The molecule has 12 nitrogen and oxygen atoms in total. The number of hydrogen-bond acceptors (Lipinski definition) is 9. The van der Waals surface area contributed by atoms with Gasteiger partial charge >= 0.3 is 0 Å². The number of carbonyl (C=O) groups is 4. The SMILES string of the molecule is C=C/C=C\C=C/CCC(N)C(=O)N[C@H](Cc1ccccc1)C(=O)NC(CC(C)C)C(=O)NCC(=O)N1CC2(CCN(N(C)SN(C)C)CC2)C1. The van der Waals surface area contributed by atoms with E-state index in [4.69, 9.17) is 5.73 Å². The van der Waals surface area contributed by atoms with Gasteiger partial charge in [-0.25, -0.2) is 9.31 Å². The molecule has 2 aliphatic heterocycles. The first-order chi connectivity index (χ1) is 23.8. The maximum Gasteiger partial charge on any atom is 0.243 e. The molecule has 0 radical (unpaired) electrons. The Morgan fingerprint density at radius 3 is 2.24 bits per heavy atom. The molecule has 1 aromatic rings. The summed E-state index contributed by atoms with van der Waals surface area (Å²) in [5.41, 5.74) is 7.17. The van der Waals surface area contributed by atoms with Crippen LogP contribution >= 0.6 is 12.1 Å². The lowest BCUT2D eigenvalue weighted by Crippen LogP contribution is -2.64. The molecule has 4 amide bonds. The number of rotatable bonds is 19. The zero-order valence-corrected chi connectivity index (χ0v) is 31.3. The van der Waals surface area contributed by atoms with Crippen LogP contribution in [0.5, 0.6) is 0 Å². The summed E-state index contributed by atoms with van der Waals surface area (Å²) in [7, 11) is 6.11. The highest BCUT2D eigenvalue weighted by Gasteiger charge is 2.47. The summed E-state index contributed by atoms with van der Waals surface area (Å²) in [6, 6.07) is 6.73. The van der Waals surface area contributed by atoms with Gasteiger partial charge in [-0.05, 0) is 57.7 Å². The Kier molecular flexibility index (Phi) is 16.7. The van der Waals surface area contributed by atoms with Crippen molar-refractivity contribution in [1.29, 1.82) is 0 Å².